The standard InChI is InChI=1S/C28H47N5O4SSi/c1-28(2,3)39(6,7)37-20-18-31(17-19-36-21-22-13-9-8-10-14-22)26-24(33(34)35)25(29-4)32(27(30-26)38-5)23-15-11-12-16-23/h8-10,13-14,23,27,29H,11-12,15-21H2,1-7H3. The number of hydrogen-bond donors (Lipinski definition) is 1. The number of nitrogens with one attached hydrogen (secondary N) is 1. The number of benzene rings is 1. The molecular weight excluding hydrogens is 530 g/mol. The number of amidine groups is 1. The summed E-state index contributed by atoms with van der Waals surface area (Å²) in [5.74, 6) is 0.955. The third-order valence-electron chi connectivity index (χ3n) is 8.06. The maximum Gasteiger partial charge on any atom is 0.351 e. The van der Waals surface area contributed by atoms with E-state index in [0.717, 1.165) is 31.2 Å². The van der Waals surface area contributed by atoms with Crippen LogP contribution in [0, 0.1) is 10.1 Å². The fraction of sp³-hybridized carbons (Fsp3) is 0.679. The molecule has 218 valence electrons. The van der Waals surface area contributed by atoms with Crippen molar-refractivity contribution in [3.05, 3.63) is 57.5 Å². The van der Waals surface area contributed by atoms with Gasteiger partial charge in [-0.2, -0.15) is 0 Å². The van der Waals surface area contributed by atoms with Crippen LogP contribution >= 0.6 is 11.8 Å². The zero-order valence-electron chi connectivity index (χ0n) is 24.7. The second-order valence-corrected chi connectivity index (χ2v) is 17.4. The Balaban J connectivity index is 1.87. The van der Waals surface area contributed by atoms with Gasteiger partial charge in [0.1, 0.15) is 0 Å². The van der Waals surface area contributed by atoms with E-state index < -0.39 is 8.32 Å². The SMILES string of the molecule is CNC1=C([N+](=O)[O-])C(N(CCOCc2ccccc2)CCO[Si](C)(C)C(C)(C)C)=NC(SC)N1C1CCCC1. The lowest BCUT2D eigenvalue weighted by atomic mass is 10.2. The number of thioether (sulfide) groups is 1. The maximum absolute atomic E-state index is 12.6. The molecule has 11 heteroatoms. The molecule has 0 spiro atoms. The van der Waals surface area contributed by atoms with E-state index in [9.17, 15) is 10.1 Å². The molecule has 1 aliphatic carbocycles. The van der Waals surface area contributed by atoms with Gasteiger partial charge in [-0.25, -0.2) is 4.99 Å². The first-order valence-electron chi connectivity index (χ1n) is 14.0. The summed E-state index contributed by atoms with van der Waals surface area (Å²) in [6.45, 7) is 13.5. The van der Waals surface area contributed by atoms with Crippen LogP contribution in [0.3, 0.4) is 0 Å². The van der Waals surface area contributed by atoms with Crippen LogP contribution in [0.5, 0.6) is 0 Å². The van der Waals surface area contributed by atoms with Crippen molar-refractivity contribution in [1.82, 2.24) is 15.1 Å². The molecule has 1 aliphatic heterocycles. The van der Waals surface area contributed by atoms with Gasteiger partial charge >= 0.3 is 5.70 Å². The molecule has 1 aromatic rings. The minimum atomic E-state index is -1.98. The topological polar surface area (TPSA) is 92.5 Å². The van der Waals surface area contributed by atoms with E-state index >= 15 is 0 Å². The van der Waals surface area contributed by atoms with E-state index in [1.807, 2.05) is 41.5 Å². The summed E-state index contributed by atoms with van der Waals surface area (Å²) in [6, 6.07) is 10.3. The average molecular weight is 578 g/mol. The molecule has 39 heavy (non-hydrogen) atoms. The Morgan fingerprint density at radius 3 is 2.38 bits per heavy atom. The molecule has 0 bridgehead atoms. The van der Waals surface area contributed by atoms with Crippen LogP contribution in [0.15, 0.2) is 46.8 Å². The monoisotopic (exact) mass is 577 g/mol. The largest absolute Gasteiger partial charge is 0.415 e. The van der Waals surface area contributed by atoms with Crippen molar-refractivity contribution in [3.63, 3.8) is 0 Å². The first kappa shape index (κ1) is 31.4. The molecule has 1 heterocycles. The lowest BCUT2D eigenvalue weighted by Gasteiger charge is -2.41. The predicted molar refractivity (Wildman–Crippen MR) is 163 cm³/mol. The van der Waals surface area contributed by atoms with Gasteiger partial charge in [0.15, 0.2) is 19.6 Å². The molecule has 0 radical (unpaired) electrons. The van der Waals surface area contributed by atoms with Gasteiger partial charge in [-0.05, 0) is 42.8 Å². The van der Waals surface area contributed by atoms with Gasteiger partial charge in [0.05, 0.1) is 24.7 Å². The Kier molecular flexibility index (Phi) is 11.3. The highest BCUT2D eigenvalue weighted by atomic mass is 32.2. The van der Waals surface area contributed by atoms with E-state index in [4.69, 9.17) is 14.2 Å². The smallest absolute Gasteiger partial charge is 0.351 e. The van der Waals surface area contributed by atoms with Gasteiger partial charge in [0, 0.05) is 26.2 Å². The van der Waals surface area contributed by atoms with Crippen LogP contribution in [-0.4, -0.2) is 80.0 Å². The molecule has 2 aliphatic rings. The highest BCUT2D eigenvalue weighted by Gasteiger charge is 2.43. The lowest BCUT2D eigenvalue weighted by molar-refractivity contribution is -0.419. The number of nitrogens with zero attached hydrogens (tertiary/aromatic N) is 4. The van der Waals surface area contributed by atoms with E-state index in [1.165, 1.54) is 0 Å². The fourth-order valence-electron chi connectivity index (χ4n) is 4.82. The Morgan fingerprint density at radius 1 is 1.18 bits per heavy atom. The second kappa shape index (κ2) is 14.0. The second-order valence-electron chi connectivity index (χ2n) is 11.7. The van der Waals surface area contributed by atoms with Crippen LogP contribution in [0.1, 0.15) is 52.0 Å². The van der Waals surface area contributed by atoms with Crippen molar-refractivity contribution in [2.45, 2.75) is 82.7 Å². The van der Waals surface area contributed by atoms with Gasteiger partial charge in [-0.3, -0.25) is 10.1 Å². The summed E-state index contributed by atoms with van der Waals surface area (Å²) < 4.78 is 12.5. The quantitative estimate of drug-likeness (QED) is 0.142. The highest BCUT2D eigenvalue weighted by Crippen LogP contribution is 2.37. The predicted octanol–water partition coefficient (Wildman–Crippen LogP) is 5.50. The normalized spacial score (nSPS) is 18.9. The third kappa shape index (κ3) is 7.99. The molecule has 1 saturated carbocycles. The fourth-order valence-corrected chi connectivity index (χ4v) is 6.56. The molecular formula is C28H47N5O4SSi. The molecule has 1 aromatic carbocycles. The summed E-state index contributed by atoms with van der Waals surface area (Å²) in [4.78, 5) is 21.4. The summed E-state index contributed by atoms with van der Waals surface area (Å²) >= 11 is 1.61. The number of aliphatic imine (C=N–C) groups is 1. The lowest BCUT2D eigenvalue weighted by Crippen LogP contribution is -2.52. The van der Waals surface area contributed by atoms with Crippen molar-refractivity contribution in [1.29, 1.82) is 0 Å². The first-order valence-corrected chi connectivity index (χ1v) is 18.2. The minimum absolute atomic E-state index is 0.0325. The number of hydrogen-bond acceptors (Lipinski definition) is 9. The third-order valence-corrected chi connectivity index (χ3v) is 13.4. The molecule has 1 atom stereocenters. The molecule has 3 rings (SSSR count). The van der Waals surface area contributed by atoms with Gasteiger partial charge in [-0.15, -0.1) is 11.8 Å². The zero-order chi connectivity index (χ0) is 28.6. The van der Waals surface area contributed by atoms with Crippen LogP contribution in [-0.2, 0) is 15.8 Å². The number of nitro groups is 1. The van der Waals surface area contributed by atoms with Crippen molar-refractivity contribution in [2.75, 3.05) is 39.6 Å². The average Bonchev–Trinajstić information content (AvgIpc) is 3.43. The zero-order valence-corrected chi connectivity index (χ0v) is 26.6. The molecule has 1 N–H and O–H groups in total. The van der Waals surface area contributed by atoms with Crippen molar-refractivity contribution >= 4 is 25.9 Å². The number of rotatable bonds is 13. The first-order chi connectivity index (χ1) is 18.5. The summed E-state index contributed by atoms with van der Waals surface area (Å²) in [6.07, 6.45) is 6.34. The Labute approximate surface area is 239 Å². The van der Waals surface area contributed by atoms with Gasteiger partial charge in [-0.1, -0.05) is 63.9 Å². The van der Waals surface area contributed by atoms with Crippen LogP contribution < -0.4 is 5.32 Å². The van der Waals surface area contributed by atoms with E-state index in [2.05, 4.69) is 44.1 Å². The summed E-state index contributed by atoms with van der Waals surface area (Å²) in [5, 5.41) is 15.9. The van der Waals surface area contributed by atoms with Crippen LogP contribution in [0.25, 0.3) is 0 Å². The molecule has 0 aromatic heterocycles. The van der Waals surface area contributed by atoms with Crippen molar-refractivity contribution in [3.8, 4) is 0 Å². The molecule has 0 saturated heterocycles. The number of ether oxygens (including phenoxy) is 1. The van der Waals surface area contributed by atoms with E-state index in [-0.39, 0.29) is 27.2 Å². The molecule has 1 fully saturated rings. The molecule has 9 nitrogen and oxygen atoms in total. The van der Waals surface area contributed by atoms with E-state index in [1.54, 1.807) is 18.8 Å². The summed E-state index contributed by atoms with van der Waals surface area (Å²) in [7, 11) is -0.207. The molecule has 1 unspecified atom stereocenters. The van der Waals surface area contributed by atoms with Crippen molar-refractivity contribution in [2.24, 2.45) is 4.99 Å². The minimum Gasteiger partial charge on any atom is -0.415 e. The van der Waals surface area contributed by atoms with E-state index in [0.29, 0.717) is 44.6 Å². The highest BCUT2D eigenvalue weighted by molar-refractivity contribution is 7.99. The Hall–Kier alpha value is -2.08. The van der Waals surface area contributed by atoms with Gasteiger partial charge in [0.2, 0.25) is 5.84 Å². The van der Waals surface area contributed by atoms with Gasteiger partial charge in [0.25, 0.3) is 0 Å². The van der Waals surface area contributed by atoms with Crippen LogP contribution in [0.4, 0.5) is 0 Å². The van der Waals surface area contributed by atoms with Crippen molar-refractivity contribution < 1.29 is 14.1 Å². The molecule has 0 amide bonds. The summed E-state index contributed by atoms with van der Waals surface area (Å²) in [5.41, 5.74) is 0.895. The maximum atomic E-state index is 12.6. The van der Waals surface area contributed by atoms with Gasteiger partial charge < -0.3 is 24.3 Å². The Morgan fingerprint density at radius 2 is 1.82 bits per heavy atom. The Bertz CT molecular complexity index is 1010. The van der Waals surface area contributed by atoms with Crippen LogP contribution in [0.2, 0.25) is 18.1 Å².